The Morgan fingerprint density at radius 2 is 2.08 bits per heavy atom. The van der Waals surface area contributed by atoms with Crippen LogP contribution >= 0.6 is 11.8 Å². The molecule has 1 aromatic carbocycles. The summed E-state index contributed by atoms with van der Waals surface area (Å²) in [4.78, 5) is 43.9. The summed E-state index contributed by atoms with van der Waals surface area (Å²) in [6.07, 6.45) is -1.57. The first-order valence-electron chi connectivity index (χ1n) is 12.0. The molecule has 3 aliphatic rings. The van der Waals surface area contributed by atoms with E-state index in [9.17, 15) is 23.9 Å². The molecule has 0 fully saturated rings. The number of hydrogen-bond acceptors (Lipinski definition) is 8. The molecule has 9 nitrogen and oxygen atoms in total. The zero-order chi connectivity index (χ0) is 26.3. The van der Waals surface area contributed by atoms with Crippen LogP contribution in [-0.2, 0) is 27.5 Å². The van der Waals surface area contributed by atoms with E-state index in [4.69, 9.17) is 15.5 Å². The summed E-state index contributed by atoms with van der Waals surface area (Å²) in [6, 6.07) is 1.82. The Morgan fingerprint density at radius 3 is 2.81 bits per heavy atom. The molecule has 11 heteroatoms. The van der Waals surface area contributed by atoms with Crippen LogP contribution in [0.1, 0.15) is 53.8 Å². The first kappa shape index (κ1) is 24.1. The number of ether oxygens (including phenoxy) is 1. The van der Waals surface area contributed by atoms with Crippen LogP contribution in [0.5, 0.6) is 0 Å². The predicted molar refractivity (Wildman–Crippen MR) is 134 cm³/mol. The Bertz CT molecular complexity index is 1600. The average molecular weight is 525 g/mol. The quantitative estimate of drug-likeness (QED) is 0.347. The average Bonchev–Trinajstić information content (AvgIpc) is 3.23. The molecule has 0 bridgehead atoms. The summed E-state index contributed by atoms with van der Waals surface area (Å²) in [5, 5.41) is 14.2. The standard InChI is InChI=1S/C26H25FN4O5S/c1-9(2)20(28)24(33)30-16-8-37-23-10(3)14(27)5-15-19(23)18(16)12-6-31-17(21(12)29-15)4-11-13(25(31)34)7-36-26(35)22(11)32/h4-5,9,16,20,22,32H,6-8,28H2,1-3H3,(H,30,33). The number of aromatic nitrogens is 2. The Balaban J connectivity index is 1.59. The highest BCUT2D eigenvalue weighted by molar-refractivity contribution is 7.99. The smallest absolute Gasteiger partial charge is 0.340 e. The van der Waals surface area contributed by atoms with Gasteiger partial charge >= 0.3 is 5.97 Å². The van der Waals surface area contributed by atoms with Crippen LogP contribution in [0.3, 0.4) is 0 Å². The minimum absolute atomic E-state index is 0.0615. The second-order valence-electron chi connectivity index (χ2n) is 10.1. The molecule has 5 heterocycles. The van der Waals surface area contributed by atoms with Crippen LogP contribution in [0.25, 0.3) is 22.3 Å². The number of nitrogens with zero attached hydrogens (tertiary/aromatic N) is 2. The fourth-order valence-corrected chi connectivity index (χ4v) is 6.61. The summed E-state index contributed by atoms with van der Waals surface area (Å²) in [6.45, 7) is 5.42. The maximum atomic E-state index is 14.9. The molecule has 0 saturated heterocycles. The Kier molecular flexibility index (Phi) is 5.45. The molecule has 4 N–H and O–H groups in total. The van der Waals surface area contributed by atoms with Gasteiger partial charge in [0.1, 0.15) is 12.4 Å². The van der Waals surface area contributed by atoms with Gasteiger partial charge in [-0.1, -0.05) is 13.8 Å². The van der Waals surface area contributed by atoms with E-state index in [1.807, 2.05) is 13.8 Å². The summed E-state index contributed by atoms with van der Waals surface area (Å²) in [7, 11) is 0. The van der Waals surface area contributed by atoms with E-state index in [0.29, 0.717) is 28.2 Å². The molecule has 1 amide bonds. The number of rotatable bonds is 3. The number of benzene rings is 1. The minimum Gasteiger partial charge on any atom is -0.458 e. The van der Waals surface area contributed by atoms with Crippen molar-refractivity contribution in [2.45, 2.75) is 57.0 Å². The number of hydrogen-bond donors (Lipinski definition) is 3. The van der Waals surface area contributed by atoms with E-state index in [2.05, 4.69) is 5.32 Å². The van der Waals surface area contributed by atoms with E-state index in [1.165, 1.54) is 22.4 Å². The Labute approximate surface area is 215 Å². The molecule has 192 valence electrons. The molecule has 3 unspecified atom stereocenters. The molecule has 0 spiro atoms. The first-order chi connectivity index (χ1) is 17.6. The van der Waals surface area contributed by atoms with Gasteiger partial charge < -0.3 is 25.5 Å². The molecule has 3 atom stereocenters. The van der Waals surface area contributed by atoms with Gasteiger partial charge in [-0.3, -0.25) is 9.59 Å². The highest BCUT2D eigenvalue weighted by Crippen LogP contribution is 2.48. The van der Waals surface area contributed by atoms with E-state index in [-0.39, 0.29) is 41.7 Å². The number of aliphatic hydroxyl groups is 1. The third-order valence-corrected chi connectivity index (χ3v) is 8.81. The zero-order valence-electron chi connectivity index (χ0n) is 20.4. The van der Waals surface area contributed by atoms with Gasteiger partial charge in [-0.15, -0.1) is 11.8 Å². The highest BCUT2D eigenvalue weighted by atomic mass is 32.2. The summed E-state index contributed by atoms with van der Waals surface area (Å²) < 4.78 is 21.4. The number of esters is 1. The molecule has 3 aromatic rings. The second-order valence-corrected chi connectivity index (χ2v) is 11.1. The van der Waals surface area contributed by atoms with Gasteiger partial charge in [0.05, 0.1) is 41.1 Å². The molecule has 0 aliphatic carbocycles. The van der Waals surface area contributed by atoms with Gasteiger partial charge in [-0.05, 0) is 30.0 Å². The number of cyclic esters (lactones) is 1. The Morgan fingerprint density at radius 1 is 1.32 bits per heavy atom. The van der Waals surface area contributed by atoms with Gasteiger partial charge in [-0.25, -0.2) is 14.2 Å². The van der Waals surface area contributed by atoms with Crippen molar-refractivity contribution in [2.75, 3.05) is 5.75 Å². The second kappa shape index (κ2) is 8.37. The molecule has 3 aliphatic heterocycles. The number of nitrogens with two attached hydrogens (primary N) is 1. The molecule has 0 radical (unpaired) electrons. The lowest BCUT2D eigenvalue weighted by atomic mass is 9.93. The highest BCUT2D eigenvalue weighted by Gasteiger charge is 2.38. The van der Waals surface area contributed by atoms with Gasteiger partial charge in [0.15, 0.2) is 6.10 Å². The number of thioether (sulfide) groups is 1. The Hall–Kier alpha value is -3.28. The van der Waals surface area contributed by atoms with Crippen LogP contribution in [0.2, 0.25) is 0 Å². The number of carbonyl (C=O) groups excluding carboxylic acids is 2. The molecule has 37 heavy (non-hydrogen) atoms. The number of nitrogens with one attached hydrogen (secondary N) is 1. The molecule has 0 saturated carbocycles. The van der Waals surface area contributed by atoms with Gasteiger partial charge in [-0.2, -0.15) is 0 Å². The van der Waals surface area contributed by atoms with Crippen molar-refractivity contribution in [1.29, 1.82) is 0 Å². The normalized spacial score (nSPS) is 20.4. The van der Waals surface area contributed by atoms with Crippen LogP contribution in [0.4, 0.5) is 4.39 Å². The third kappa shape index (κ3) is 3.44. The lowest BCUT2D eigenvalue weighted by molar-refractivity contribution is -0.157. The lowest BCUT2D eigenvalue weighted by Gasteiger charge is -2.30. The van der Waals surface area contributed by atoms with Crippen LogP contribution < -0.4 is 16.6 Å². The molecular formula is C26H25FN4O5S. The van der Waals surface area contributed by atoms with E-state index < -0.39 is 30.0 Å². The van der Waals surface area contributed by atoms with Gasteiger partial charge in [0.2, 0.25) is 5.91 Å². The van der Waals surface area contributed by atoms with Crippen molar-refractivity contribution < 1.29 is 23.8 Å². The summed E-state index contributed by atoms with van der Waals surface area (Å²) in [5.74, 6) is -1.10. The van der Waals surface area contributed by atoms with Crippen molar-refractivity contribution in [3.63, 3.8) is 0 Å². The van der Waals surface area contributed by atoms with Crippen LogP contribution in [0, 0.1) is 18.7 Å². The predicted octanol–water partition coefficient (Wildman–Crippen LogP) is 2.21. The van der Waals surface area contributed by atoms with Crippen molar-refractivity contribution in [1.82, 2.24) is 14.9 Å². The number of fused-ring (bicyclic) bond motifs is 5. The molecular weight excluding hydrogens is 499 g/mol. The number of aliphatic hydroxyl groups excluding tert-OH is 1. The third-order valence-electron chi connectivity index (χ3n) is 7.51. The van der Waals surface area contributed by atoms with Crippen molar-refractivity contribution in [2.24, 2.45) is 11.7 Å². The monoisotopic (exact) mass is 524 g/mol. The minimum atomic E-state index is -1.57. The fraction of sp³-hybridized carbons (Fsp3) is 0.385. The summed E-state index contributed by atoms with van der Waals surface area (Å²) in [5.41, 5.74) is 9.47. The fourth-order valence-electron chi connectivity index (χ4n) is 5.36. The lowest BCUT2D eigenvalue weighted by Crippen LogP contribution is -2.46. The molecule has 2 aromatic heterocycles. The molecule has 6 rings (SSSR count). The zero-order valence-corrected chi connectivity index (χ0v) is 21.2. The largest absolute Gasteiger partial charge is 0.458 e. The number of halogens is 1. The van der Waals surface area contributed by atoms with E-state index in [0.717, 1.165) is 21.4 Å². The van der Waals surface area contributed by atoms with Crippen LogP contribution in [-0.4, -0.2) is 38.3 Å². The number of pyridine rings is 2. The maximum Gasteiger partial charge on any atom is 0.340 e. The summed E-state index contributed by atoms with van der Waals surface area (Å²) >= 11 is 1.45. The van der Waals surface area contributed by atoms with Crippen molar-refractivity contribution in [3.05, 3.63) is 56.1 Å². The maximum absolute atomic E-state index is 14.9. The first-order valence-corrected chi connectivity index (χ1v) is 13.0. The topological polar surface area (TPSA) is 137 Å². The van der Waals surface area contributed by atoms with Crippen LogP contribution in [0.15, 0.2) is 21.8 Å². The number of amides is 1. The van der Waals surface area contributed by atoms with E-state index in [1.54, 1.807) is 13.0 Å². The van der Waals surface area contributed by atoms with E-state index >= 15 is 0 Å². The van der Waals surface area contributed by atoms with Crippen molar-refractivity contribution >= 4 is 34.5 Å². The van der Waals surface area contributed by atoms with Gasteiger partial charge in [0, 0.05) is 33.2 Å². The SMILES string of the molecule is Cc1c(F)cc2nc3c(c4c2c1SCC4NC(=O)C(N)C(C)C)Cn1c-3cc2c(c1=O)COC(=O)C2O. The number of carbonyl (C=O) groups is 2. The van der Waals surface area contributed by atoms with Gasteiger partial charge in [0.25, 0.3) is 5.56 Å². The van der Waals surface area contributed by atoms with Crippen molar-refractivity contribution in [3.8, 4) is 11.4 Å².